The van der Waals surface area contributed by atoms with Crippen LogP contribution in [0.3, 0.4) is 0 Å². The molecule has 4 rings (SSSR count). The van der Waals surface area contributed by atoms with Crippen molar-refractivity contribution in [1.29, 1.82) is 0 Å². The highest BCUT2D eigenvalue weighted by molar-refractivity contribution is 5.19. The fourth-order valence-electron chi connectivity index (χ4n) is 5.52. The molecule has 2 saturated carbocycles. The molecule has 2 saturated heterocycles. The zero-order chi connectivity index (χ0) is 8.47. The van der Waals surface area contributed by atoms with Gasteiger partial charge in [0.25, 0.3) is 0 Å². The van der Waals surface area contributed by atoms with Crippen LogP contribution in [0, 0.1) is 17.8 Å². The van der Waals surface area contributed by atoms with E-state index < -0.39 is 0 Å². The quantitative estimate of drug-likeness (QED) is 0.548. The van der Waals surface area contributed by atoms with E-state index in [2.05, 4.69) is 4.90 Å². The van der Waals surface area contributed by atoms with Gasteiger partial charge in [0, 0.05) is 5.54 Å². The monoisotopic (exact) mass is 177 g/mol. The minimum atomic E-state index is 0.778. The molecule has 4 aliphatic rings. The molecule has 4 atom stereocenters. The average molecular weight is 177 g/mol. The fraction of sp³-hybridized carbons (Fsp3) is 1.00. The average Bonchev–Trinajstić information content (AvgIpc) is 2.68. The van der Waals surface area contributed by atoms with Crippen molar-refractivity contribution >= 4 is 0 Å². The Labute approximate surface area is 80.5 Å². The van der Waals surface area contributed by atoms with Crippen LogP contribution in [0.2, 0.25) is 0 Å². The summed E-state index contributed by atoms with van der Waals surface area (Å²) in [5.74, 6) is 3.35. The lowest BCUT2D eigenvalue weighted by molar-refractivity contribution is 0.115. The predicted molar refractivity (Wildman–Crippen MR) is 52.5 cm³/mol. The van der Waals surface area contributed by atoms with Crippen molar-refractivity contribution in [2.75, 3.05) is 13.1 Å². The Morgan fingerprint density at radius 2 is 1.15 bits per heavy atom. The lowest BCUT2D eigenvalue weighted by Crippen LogP contribution is -2.46. The van der Waals surface area contributed by atoms with E-state index in [-0.39, 0.29) is 0 Å². The molecule has 1 spiro atoms. The molecule has 0 aromatic heterocycles. The van der Waals surface area contributed by atoms with Gasteiger partial charge >= 0.3 is 0 Å². The minimum absolute atomic E-state index is 0.778. The smallest absolute Gasteiger partial charge is 0.0294 e. The molecule has 1 heteroatoms. The summed E-state index contributed by atoms with van der Waals surface area (Å²) in [6, 6.07) is 0. The molecule has 72 valence electrons. The zero-order valence-electron chi connectivity index (χ0n) is 8.34. The Balaban J connectivity index is 1.88. The molecule has 2 heterocycles. The van der Waals surface area contributed by atoms with Crippen molar-refractivity contribution in [2.24, 2.45) is 17.8 Å². The standard InChI is InChI=1S/C12H19N/c1-3-10-5-7-13-8-6-11-4-2-9(1)12(10,11)13/h9-11H,1-8H2/t9?,10-,11+,12?. The second kappa shape index (κ2) is 2.13. The lowest BCUT2D eigenvalue weighted by Gasteiger charge is -2.37. The molecule has 0 aromatic rings. The Morgan fingerprint density at radius 3 is 1.69 bits per heavy atom. The van der Waals surface area contributed by atoms with E-state index >= 15 is 0 Å². The second-order valence-electron chi connectivity index (χ2n) is 5.70. The first-order chi connectivity index (χ1) is 6.42. The van der Waals surface area contributed by atoms with Crippen LogP contribution in [0.5, 0.6) is 0 Å². The third kappa shape index (κ3) is 0.614. The van der Waals surface area contributed by atoms with Crippen LogP contribution in [-0.2, 0) is 0 Å². The van der Waals surface area contributed by atoms with Crippen LogP contribution in [0.1, 0.15) is 38.5 Å². The minimum Gasteiger partial charge on any atom is -0.297 e. The third-order valence-corrected chi connectivity index (χ3v) is 5.73. The SMILES string of the molecule is C1C[C@@H]2CCN3CC[C@@H]4CCC1C243. The van der Waals surface area contributed by atoms with Gasteiger partial charge in [-0.25, -0.2) is 0 Å². The molecule has 1 nitrogen and oxygen atoms in total. The summed E-state index contributed by atoms with van der Waals surface area (Å²) in [5, 5.41) is 0. The van der Waals surface area contributed by atoms with Gasteiger partial charge in [-0.05, 0) is 69.4 Å². The first kappa shape index (κ1) is 7.28. The lowest BCUT2D eigenvalue weighted by atomic mass is 9.78. The molecule has 13 heavy (non-hydrogen) atoms. The van der Waals surface area contributed by atoms with Crippen molar-refractivity contribution in [3.63, 3.8) is 0 Å². The van der Waals surface area contributed by atoms with E-state index in [1.807, 2.05) is 0 Å². The molecule has 0 amide bonds. The summed E-state index contributed by atoms with van der Waals surface area (Å²) in [6.07, 6.45) is 9.34. The van der Waals surface area contributed by atoms with Crippen LogP contribution >= 0.6 is 0 Å². The van der Waals surface area contributed by atoms with Gasteiger partial charge in [0.1, 0.15) is 0 Å². The molecule has 0 aromatic carbocycles. The molecule has 2 aliphatic heterocycles. The van der Waals surface area contributed by atoms with Crippen LogP contribution < -0.4 is 0 Å². The maximum atomic E-state index is 2.90. The topological polar surface area (TPSA) is 3.24 Å². The molecule has 0 N–H and O–H groups in total. The van der Waals surface area contributed by atoms with Gasteiger partial charge in [-0.1, -0.05) is 0 Å². The highest BCUT2D eigenvalue weighted by Gasteiger charge is 2.65. The van der Waals surface area contributed by atoms with Gasteiger partial charge in [0.05, 0.1) is 0 Å². The molecule has 2 aliphatic carbocycles. The zero-order valence-corrected chi connectivity index (χ0v) is 8.34. The first-order valence-electron chi connectivity index (χ1n) is 6.17. The first-order valence-corrected chi connectivity index (χ1v) is 6.17. The van der Waals surface area contributed by atoms with E-state index in [4.69, 9.17) is 0 Å². The van der Waals surface area contributed by atoms with Crippen molar-refractivity contribution in [2.45, 2.75) is 44.1 Å². The summed E-state index contributed by atoms with van der Waals surface area (Å²) in [4.78, 5) is 2.90. The van der Waals surface area contributed by atoms with Gasteiger partial charge in [0.2, 0.25) is 0 Å². The van der Waals surface area contributed by atoms with Crippen LogP contribution in [0.25, 0.3) is 0 Å². The summed E-state index contributed by atoms with van der Waals surface area (Å²) in [7, 11) is 0. The van der Waals surface area contributed by atoms with Crippen molar-refractivity contribution in [3.05, 3.63) is 0 Å². The van der Waals surface area contributed by atoms with Gasteiger partial charge in [0.15, 0.2) is 0 Å². The van der Waals surface area contributed by atoms with E-state index in [0.29, 0.717) is 0 Å². The summed E-state index contributed by atoms with van der Waals surface area (Å²) < 4.78 is 0. The normalized spacial score (nSPS) is 58.6. The van der Waals surface area contributed by atoms with Gasteiger partial charge in [-0.2, -0.15) is 0 Å². The van der Waals surface area contributed by atoms with Crippen LogP contribution in [-0.4, -0.2) is 23.5 Å². The maximum absolute atomic E-state index is 2.90. The Bertz CT molecular complexity index is 178. The van der Waals surface area contributed by atoms with Crippen LogP contribution in [0.15, 0.2) is 0 Å². The Morgan fingerprint density at radius 1 is 0.692 bits per heavy atom. The second-order valence-corrected chi connectivity index (χ2v) is 5.70. The van der Waals surface area contributed by atoms with Crippen molar-refractivity contribution in [1.82, 2.24) is 4.90 Å². The van der Waals surface area contributed by atoms with Gasteiger partial charge < -0.3 is 0 Å². The van der Waals surface area contributed by atoms with E-state index in [0.717, 1.165) is 23.3 Å². The molecule has 4 fully saturated rings. The number of hydrogen-bond donors (Lipinski definition) is 0. The summed E-state index contributed by atoms with van der Waals surface area (Å²) in [5.41, 5.74) is 0.778. The number of hydrogen-bond acceptors (Lipinski definition) is 1. The van der Waals surface area contributed by atoms with E-state index in [9.17, 15) is 0 Å². The van der Waals surface area contributed by atoms with E-state index in [1.54, 1.807) is 25.7 Å². The molecule has 0 radical (unpaired) electrons. The summed E-state index contributed by atoms with van der Waals surface area (Å²) in [6.45, 7) is 2.88. The highest BCUT2D eigenvalue weighted by atomic mass is 15.3. The number of rotatable bonds is 0. The molecular formula is C12H19N. The van der Waals surface area contributed by atoms with Crippen molar-refractivity contribution in [3.8, 4) is 0 Å². The van der Waals surface area contributed by atoms with Crippen LogP contribution in [0.4, 0.5) is 0 Å². The van der Waals surface area contributed by atoms with E-state index in [1.165, 1.54) is 25.9 Å². The fourth-order valence-corrected chi connectivity index (χ4v) is 5.52. The Kier molecular flexibility index (Phi) is 1.19. The largest absolute Gasteiger partial charge is 0.297 e. The number of nitrogens with zero attached hydrogens (tertiary/aromatic N) is 1. The van der Waals surface area contributed by atoms with Crippen molar-refractivity contribution < 1.29 is 0 Å². The summed E-state index contributed by atoms with van der Waals surface area (Å²) >= 11 is 0. The maximum Gasteiger partial charge on any atom is 0.0294 e. The molecule has 2 unspecified atom stereocenters. The third-order valence-electron chi connectivity index (χ3n) is 5.73. The van der Waals surface area contributed by atoms with Gasteiger partial charge in [-0.3, -0.25) is 4.90 Å². The molecule has 0 bridgehead atoms. The Hall–Kier alpha value is -0.0400. The predicted octanol–water partition coefficient (Wildman–Crippen LogP) is 2.27. The highest BCUT2D eigenvalue weighted by Crippen LogP contribution is 2.64. The molecular weight excluding hydrogens is 158 g/mol. The van der Waals surface area contributed by atoms with Gasteiger partial charge in [-0.15, -0.1) is 0 Å².